The average Bonchev–Trinajstić information content (AvgIpc) is 3.47. The molecule has 6 nitrogen and oxygen atoms in total. The van der Waals surface area contributed by atoms with Gasteiger partial charge >= 0.3 is 5.97 Å². The number of amides is 1. The van der Waals surface area contributed by atoms with Gasteiger partial charge in [-0.15, -0.1) is 0 Å². The minimum absolute atomic E-state index is 0.191. The lowest BCUT2D eigenvalue weighted by Crippen LogP contribution is -2.27. The summed E-state index contributed by atoms with van der Waals surface area (Å²) in [5, 5.41) is 22.7. The first-order chi connectivity index (χ1) is 21.4. The Hall–Kier alpha value is -5.93. The van der Waals surface area contributed by atoms with Gasteiger partial charge in [-0.05, 0) is 82.8 Å². The van der Waals surface area contributed by atoms with Crippen molar-refractivity contribution in [2.24, 2.45) is 0 Å². The molecule has 5 aromatic carbocycles. The van der Waals surface area contributed by atoms with Crippen LogP contribution in [-0.4, -0.2) is 21.6 Å². The number of rotatable bonds is 8. The first-order valence-corrected chi connectivity index (χ1v) is 14.3. The van der Waals surface area contributed by atoms with Crippen molar-refractivity contribution < 1.29 is 14.7 Å². The Bertz CT molecular complexity index is 2020. The number of nitriles is 1. The summed E-state index contributed by atoms with van der Waals surface area (Å²) in [5.41, 5.74) is 7.94. The van der Waals surface area contributed by atoms with Gasteiger partial charge in [-0.25, -0.2) is 4.79 Å². The van der Waals surface area contributed by atoms with Crippen LogP contribution in [0.4, 0.5) is 0 Å². The highest BCUT2D eigenvalue weighted by Gasteiger charge is 2.19. The van der Waals surface area contributed by atoms with Crippen LogP contribution < -0.4 is 5.32 Å². The predicted molar refractivity (Wildman–Crippen MR) is 172 cm³/mol. The fraction of sp³-hybridized carbons (Fsp3) is 0.0789. The zero-order chi connectivity index (χ0) is 30.6. The number of nitrogens with one attached hydrogen (secondary N) is 1. The Balaban J connectivity index is 1.37. The first-order valence-electron chi connectivity index (χ1n) is 14.3. The molecule has 1 aromatic heterocycles. The fourth-order valence-corrected chi connectivity index (χ4v) is 5.49. The van der Waals surface area contributed by atoms with E-state index in [9.17, 15) is 20.0 Å². The van der Waals surface area contributed by atoms with E-state index in [1.54, 1.807) is 18.2 Å². The van der Waals surface area contributed by atoms with Crippen molar-refractivity contribution in [1.82, 2.24) is 9.88 Å². The van der Waals surface area contributed by atoms with Crippen LogP contribution in [0.25, 0.3) is 33.2 Å². The molecule has 1 atom stereocenters. The molecule has 214 valence electrons. The monoisotopic (exact) mass is 575 g/mol. The Morgan fingerprint density at radius 3 is 2.20 bits per heavy atom. The maximum absolute atomic E-state index is 14.0. The molecule has 0 saturated carbocycles. The zero-order valence-electron chi connectivity index (χ0n) is 24.1. The number of carbonyl (C=O) groups is 2. The maximum Gasteiger partial charge on any atom is 0.335 e. The molecule has 0 saturated heterocycles. The summed E-state index contributed by atoms with van der Waals surface area (Å²) in [6, 6.07) is 40.3. The SMILES string of the molecule is C[C@H](NC(=O)c1cc(-c2cccc(C#N)c2)cc2ccn(Cc3ccc(-c4ccccc4)cc3)c12)c1ccc(C(=O)O)cc1. The highest BCUT2D eigenvalue weighted by molar-refractivity contribution is 6.08. The van der Waals surface area contributed by atoms with E-state index in [0.29, 0.717) is 17.7 Å². The van der Waals surface area contributed by atoms with E-state index in [1.807, 2.05) is 67.7 Å². The van der Waals surface area contributed by atoms with E-state index in [0.717, 1.165) is 44.3 Å². The van der Waals surface area contributed by atoms with Gasteiger partial charge in [0.2, 0.25) is 0 Å². The van der Waals surface area contributed by atoms with Gasteiger partial charge < -0.3 is 15.0 Å². The number of nitrogens with zero attached hydrogens (tertiary/aromatic N) is 2. The van der Waals surface area contributed by atoms with Gasteiger partial charge in [0.05, 0.1) is 34.3 Å². The molecule has 0 radical (unpaired) electrons. The molecule has 0 fully saturated rings. The van der Waals surface area contributed by atoms with Crippen LogP contribution in [0.1, 0.15) is 50.4 Å². The molecule has 0 unspecified atom stereocenters. The molecule has 1 heterocycles. The van der Waals surface area contributed by atoms with E-state index in [4.69, 9.17) is 0 Å². The van der Waals surface area contributed by atoms with Crippen molar-refractivity contribution in [2.75, 3.05) is 0 Å². The van der Waals surface area contributed by atoms with Crippen molar-refractivity contribution >= 4 is 22.8 Å². The Morgan fingerprint density at radius 2 is 1.50 bits per heavy atom. The summed E-state index contributed by atoms with van der Waals surface area (Å²) < 4.78 is 2.09. The highest BCUT2D eigenvalue weighted by Crippen LogP contribution is 2.31. The average molecular weight is 576 g/mol. The van der Waals surface area contributed by atoms with Crippen molar-refractivity contribution in [2.45, 2.75) is 19.5 Å². The summed E-state index contributed by atoms with van der Waals surface area (Å²) in [7, 11) is 0. The van der Waals surface area contributed by atoms with Crippen LogP contribution in [-0.2, 0) is 6.54 Å². The number of benzene rings is 5. The molecular weight excluding hydrogens is 546 g/mol. The van der Waals surface area contributed by atoms with Gasteiger partial charge in [0.1, 0.15) is 0 Å². The molecule has 6 aromatic rings. The van der Waals surface area contributed by atoms with Crippen LogP contribution in [0.5, 0.6) is 0 Å². The third-order valence-electron chi connectivity index (χ3n) is 7.85. The fourth-order valence-electron chi connectivity index (χ4n) is 5.49. The third-order valence-corrected chi connectivity index (χ3v) is 7.85. The van der Waals surface area contributed by atoms with E-state index in [-0.39, 0.29) is 17.5 Å². The smallest absolute Gasteiger partial charge is 0.335 e. The predicted octanol–water partition coefficient (Wildman–Crippen LogP) is 8.08. The summed E-state index contributed by atoms with van der Waals surface area (Å²) in [6.07, 6.45) is 2.00. The molecule has 0 spiro atoms. The number of hydrogen-bond donors (Lipinski definition) is 2. The first kappa shape index (κ1) is 28.2. The van der Waals surface area contributed by atoms with Crippen LogP contribution in [0.2, 0.25) is 0 Å². The van der Waals surface area contributed by atoms with Crippen molar-refractivity contribution in [1.29, 1.82) is 5.26 Å². The van der Waals surface area contributed by atoms with Gasteiger partial charge in [0.15, 0.2) is 0 Å². The highest BCUT2D eigenvalue weighted by atomic mass is 16.4. The lowest BCUT2D eigenvalue weighted by molar-refractivity contribution is 0.0696. The zero-order valence-corrected chi connectivity index (χ0v) is 24.1. The number of fused-ring (bicyclic) bond motifs is 1. The molecule has 2 N–H and O–H groups in total. The van der Waals surface area contributed by atoms with E-state index < -0.39 is 5.97 Å². The maximum atomic E-state index is 14.0. The number of hydrogen-bond acceptors (Lipinski definition) is 3. The summed E-state index contributed by atoms with van der Waals surface area (Å²) in [6.45, 7) is 2.45. The minimum atomic E-state index is -0.997. The molecule has 1 amide bonds. The molecule has 6 rings (SSSR count). The van der Waals surface area contributed by atoms with E-state index >= 15 is 0 Å². The van der Waals surface area contributed by atoms with Gasteiger partial charge in [-0.3, -0.25) is 4.79 Å². The van der Waals surface area contributed by atoms with Crippen LogP contribution in [0.15, 0.2) is 128 Å². The second-order valence-electron chi connectivity index (χ2n) is 10.8. The van der Waals surface area contributed by atoms with Gasteiger partial charge in [-0.2, -0.15) is 5.26 Å². The molecule has 0 aliphatic heterocycles. The lowest BCUT2D eigenvalue weighted by Gasteiger charge is -2.17. The largest absolute Gasteiger partial charge is 0.478 e. The van der Waals surface area contributed by atoms with Crippen LogP contribution in [0, 0.1) is 11.3 Å². The van der Waals surface area contributed by atoms with E-state index in [2.05, 4.69) is 52.4 Å². The third kappa shape index (κ3) is 5.85. The topological polar surface area (TPSA) is 95.1 Å². The Morgan fingerprint density at radius 1 is 0.795 bits per heavy atom. The van der Waals surface area contributed by atoms with Gasteiger partial charge in [0, 0.05) is 18.1 Å². The quantitative estimate of drug-likeness (QED) is 0.192. The number of carboxylic acids is 1. The normalized spacial score (nSPS) is 11.5. The second kappa shape index (κ2) is 12.1. The minimum Gasteiger partial charge on any atom is -0.478 e. The molecule has 0 aliphatic rings. The van der Waals surface area contributed by atoms with Gasteiger partial charge in [0.25, 0.3) is 5.91 Å². The summed E-state index contributed by atoms with van der Waals surface area (Å²) in [4.78, 5) is 25.2. The standard InChI is InChI=1S/C38H29N3O3/c1-25(28-14-16-31(17-15-28)38(43)44)40-37(42)35-22-34(32-9-5-6-27(20-32)23-39)21-33-18-19-41(36(33)35)24-26-10-12-30(13-11-26)29-7-3-2-4-8-29/h2-22,25H,24H2,1H3,(H,40,42)(H,43,44)/t25-/m0/s1. The van der Waals surface area contributed by atoms with Crippen LogP contribution in [0.3, 0.4) is 0 Å². The van der Waals surface area contributed by atoms with Gasteiger partial charge in [-0.1, -0.05) is 78.9 Å². The van der Waals surface area contributed by atoms with Crippen molar-refractivity contribution in [3.8, 4) is 28.3 Å². The molecule has 44 heavy (non-hydrogen) atoms. The number of carbonyl (C=O) groups excluding carboxylic acids is 1. The summed E-state index contributed by atoms with van der Waals surface area (Å²) >= 11 is 0. The Kier molecular flexibility index (Phi) is 7.77. The molecule has 6 heteroatoms. The Labute approximate surface area is 255 Å². The molecule has 0 aliphatic carbocycles. The molecular formula is C38H29N3O3. The number of aromatic nitrogens is 1. The molecule has 0 bridgehead atoms. The van der Waals surface area contributed by atoms with Crippen LogP contribution >= 0.6 is 0 Å². The second-order valence-corrected chi connectivity index (χ2v) is 10.8. The number of carboxylic acid groups (broad SMARTS) is 1. The number of aromatic carboxylic acids is 1. The summed E-state index contributed by atoms with van der Waals surface area (Å²) in [5.74, 6) is -1.24. The lowest BCUT2D eigenvalue weighted by atomic mass is 9.98. The van der Waals surface area contributed by atoms with E-state index in [1.165, 1.54) is 12.1 Å². The van der Waals surface area contributed by atoms with Crippen molar-refractivity contribution in [3.05, 3.63) is 155 Å². The van der Waals surface area contributed by atoms with Crippen molar-refractivity contribution in [3.63, 3.8) is 0 Å².